The minimum Gasteiger partial charge on any atom is -0.494 e. The normalized spacial score (nSPS) is 26.2. The number of hydrogen-bond acceptors (Lipinski definition) is 5. The number of hydrogen-bond donors (Lipinski definition) is 0. The van der Waals surface area contributed by atoms with E-state index >= 15 is 0 Å². The van der Waals surface area contributed by atoms with E-state index < -0.39 is 9.84 Å². The Morgan fingerprint density at radius 1 is 1.32 bits per heavy atom. The lowest BCUT2D eigenvalue weighted by Crippen LogP contribution is -2.37. The monoisotopic (exact) mass is 382 g/mol. The van der Waals surface area contributed by atoms with Crippen molar-refractivity contribution in [3.63, 3.8) is 0 Å². The van der Waals surface area contributed by atoms with Crippen molar-refractivity contribution in [3.8, 4) is 5.75 Å². The summed E-state index contributed by atoms with van der Waals surface area (Å²) in [6.07, 6.45) is 0. The van der Waals surface area contributed by atoms with Gasteiger partial charge in [-0.15, -0.1) is 0 Å². The summed E-state index contributed by atoms with van der Waals surface area (Å²) in [5, 5.41) is 0.503. The van der Waals surface area contributed by atoms with Crippen molar-refractivity contribution in [1.82, 2.24) is 0 Å². The summed E-state index contributed by atoms with van der Waals surface area (Å²) in [4.78, 5) is 18.3. The van der Waals surface area contributed by atoms with Gasteiger partial charge in [0, 0.05) is 16.9 Å². The van der Waals surface area contributed by atoms with Crippen LogP contribution in [0, 0.1) is 5.92 Å². The first-order valence-electron chi connectivity index (χ1n) is 8.32. The quantitative estimate of drug-likeness (QED) is 0.796. The van der Waals surface area contributed by atoms with Gasteiger partial charge in [0.1, 0.15) is 5.75 Å². The second-order valence-electron chi connectivity index (χ2n) is 6.48. The van der Waals surface area contributed by atoms with Crippen molar-refractivity contribution >= 4 is 38.4 Å². The smallest absolute Gasteiger partial charge is 0.250 e. The molecule has 25 heavy (non-hydrogen) atoms. The number of thioether (sulfide) groups is 1. The molecule has 2 atom stereocenters. The number of anilines is 1. The Hall–Kier alpha value is -1.54. The Balaban J connectivity index is 1.96. The van der Waals surface area contributed by atoms with Crippen molar-refractivity contribution in [2.24, 2.45) is 10.9 Å². The third kappa shape index (κ3) is 3.84. The number of ether oxygens (including phenoxy) is 1. The maximum absolute atomic E-state index is 12.1. The molecule has 1 aromatic rings. The fourth-order valence-corrected chi connectivity index (χ4v) is 6.88. The fraction of sp³-hybridized carbons (Fsp3) is 0.529. The van der Waals surface area contributed by atoms with Crippen LogP contribution in [0.1, 0.15) is 20.8 Å². The molecular weight excluding hydrogens is 360 g/mol. The Morgan fingerprint density at radius 3 is 2.60 bits per heavy atom. The molecule has 2 heterocycles. The van der Waals surface area contributed by atoms with E-state index in [1.54, 1.807) is 13.8 Å². The van der Waals surface area contributed by atoms with Gasteiger partial charge in [0.25, 0.3) is 5.91 Å². The molecule has 0 unspecified atom stereocenters. The van der Waals surface area contributed by atoms with Crippen molar-refractivity contribution in [3.05, 3.63) is 24.3 Å². The third-order valence-electron chi connectivity index (χ3n) is 4.19. The number of aliphatic imine (C=N–C) groups is 1. The number of carbonyl (C=O) groups is 1. The Labute approximate surface area is 152 Å². The van der Waals surface area contributed by atoms with Crippen LogP contribution in [0.2, 0.25) is 0 Å². The summed E-state index contributed by atoms with van der Waals surface area (Å²) in [6, 6.07) is 7.28. The second kappa shape index (κ2) is 6.99. The maximum Gasteiger partial charge on any atom is 0.250 e. The van der Waals surface area contributed by atoms with Gasteiger partial charge in [0.15, 0.2) is 15.0 Å². The standard InChI is InChI=1S/C17H22N2O4S2/c1-4-23-13-7-5-12(6-8-13)19-14-9-25(21,22)10-15(14)24-17(19)18-16(20)11(2)3/h5-8,11,14-15H,4,9-10H2,1-3H3/t14-,15-/m0/s1. The van der Waals surface area contributed by atoms with Gasteiger partial charge >= 0.3 is 0 Å². The number of carbonyl (C=O) groups excluding carboxylic acids is 1. The summed E-state index contributed by atoms with van der Waals surface area (Å²) in [5.74, 6) is 0.587. The van der Waals surface area contributed by atoms with E-state index in [4.69, 9.17) is 4.74 Å². The predicted molar refractivity (Wildman–Crippen MR) is 101 cm³/mol. The molecule has 1 aromatic carbocycles. The van der Waals surface area contributed by atoms with Crippen LogP contribution in [0.4, 0.5) is 5.69 Å². The van der Waals surface area contributed by atoms with Gasteiger partial charge in [-0.1, -0.05) is 25.6 Å². The Bertz CT molecular complexity index is 787. The maximum atomic E-state index is 12.1. The van der Waals surface area contributed by atoms with Gasteiger partial charge in [-0.2, -0.15) is 4.99 Å². The van der Waals surface area contributed by atoms with Crippen molar-refractivity contribution < 1.29 is 17.9 Å². The first-order valence-corrected chi connectivity index (χ1v) is 11.0. The van der Waals surface area contributed by atoms with Crippen molar-refractivity contribution in [2.75, 3.05) is 23.0 Å². The molecule has 0 bridgehead atoms. The number of amidine groups is 1. The summed E-state index contributed by atoms with van der Waals surface area (Å²) in [5.41, 5.74) is 0.829. The van der Waals surface area contributed by atoms with Gasteiger partial charge in [0.2, 0.25) is 0 Å². The van der Waals surface area contributed by atoms with Crippen molar-refractivity contribution in [2.45, 2.75) is 32.1 Å². The van der Waals surface area contributed by atoms with Gasteiger partial charge in [0.05, 0.1) is 24.2 Å². The Kier molecular flexibility index (Phi) is 5.11. The van der Waals surface area contributed by atoms with Crippen LogP contribution in [0.25, 0.3) is 0 Å². The number of amides is 1. The number of nitrogens with zero attached hydrogens (tertiary/aromatic N) is 2. The van der Waals surface area contributed by atoms with Crippen LogP contribution in [-0.2, 0) is 14.6 Å². The largest absolute Gasteiger partial charge is 0.494 e. The molecule has 0 N–H and O–H groups in total. The summed E-state index contributed by atoms with van der Waals surface area (Å²) in [7, 11) is -3.06. The van der Waals surface area contributed by atoms with Crippen LogP contribution in [0.15, 0.2) is 29.3 Å². The number of benzene rings is 1. The minimum atomic E-state index is -3.06. The average molecular weight is 383 g/mol. The average Bonchev–Trinajstić information content (AvgIpc) is 2.99. The number of fused-ring (bicyclic) bond motifs is 1. The lowest BCUT2D eigenvalue weighted by molar-refractivity contribution is -0.120. The Morgan fingerprint density at radius 2 is 2.00 bits per heavy atom. The highest BCUT2D eigenvalue weighted by atomic mass is 32.2. The zero-order chi connectivity index (χ0) is 18.2. The molecule has 6 nitrogen and oxygen atoms in total. The molecule has 2 fully saturated rings. The summed E-state index contributed by atoms with van der Waals surface area (Å²) >= 11 is 1.39. The van der Waals surface area contributed by atoms with E-state index in [1.165, 1.54) is 11.8 Å². The topological polar surface area (TPSA) is 76.0 Å². The molecule has 0 radical (unpaired) electrons. The van der Waals surface area contributed by atoms with Crippen LogP contribution in [0.3, 0.4) is 0 Å². The molecule has 0 aliphatic carbocycles. The fourth-order valence-electron chi connectivity index (χ4n) is 2.96. The molecule has 2 aliphatic heterocycles. The molecule has 0 aromatic heterocycles. The van der Waals surface area contributed by atoms with Gasteiger partial charge in [-0.05, 0) is 31.2 Å². The number of rotatable bonds is 4. The third-order valence-corrected chi connectivity index (χ3v) is 7.40. The van der Waals surface area contributed by atoms with Crippen LogP contribution in [0.5, 0.6) is 5.75 Å². The van der Waals surface area contributed by atoms with Crippen LogP contribution in [-0.4, -0.2) is 48.9 Å². The van der Waals surface area contributed by atoms with E-state index in [1.807, 2.05) is 36.1 Å². The minimum absolute atomic E-state index is 0.0877. The van der Waals surface area contributed by atoms with E-state index in [2.05, 4.69) is 4.99 Å². The first kappa shape index (κ1) is 18.3. The summed E-state index contributed by atoms with van der Waals surface area (Å²) < 4.78 is 29.5. The van der Waals surface area contributed by atoms with Gasteiger partial charge < -0.3 is 9.64 Å². The molecule has 1 amide bonds. The van der Waals surface area contributed by atoms with Crippen molar-refractivity contribution in [1.29, 1.82) is 0 Å². The highest BCUT2D eigenvalue weighted by Crippen LogP contribution is 2.41. The zero-order valence-electron chi connectivity index (χ0n) is 14.5. The highest BCUT2D eigenvalue weighted by Gasteiger charge is 2.49. The van der Waals surface area contributed by atoms with E-state index in [0.29, 0.717) is 11.8 Å². The number of sulfone groups is 1. The van der Waals surface area contributed by atoms with Crippen LogP contribution < -0.4 is 9.64 Å². The second-order valence-corrected chi connectivity index (χ2v) is 9.84. The highest BCUT2D eigenvalue weighted by molar-refractivity contribution is 8.16. The zero-order valence-corrected chi connectivity index (χ0v) is 16.1. The molecule has 8 heteroatoms. The van der Waals surface area contributed by atoms with E-state index in [-0.39, 0.29) is 34.6 Å². The SMILES string of the molecule is CCOc1ccc(N2C(=NC(=O)C(C)C)S[C@H]3CS(=O)(=O)C[C@@H]32)cc1. The molecule has 0 saturated carbocycles. The lowest BCUT2D eigenvalue weighted by Gasteiger charge is -2.24. The van der Waals surface area contributed by atoms with E-state index in [9.17, 15) is 13.2 Å². The van der Waals surface area contributed by atoms with Crippen LogP contribution >= 0.6 is 11.8 Å². The molecule has 3 rings (SSSR count). The molecule has 2 saturated heterocycles. The molecule has 0 spiro atoms. The predicted octanol–water partition coefficient (Wildman–Crippen LogP) is 2.34. The molecule has 136 valence electrons. The lowest BCUT2D eigenvalue weighted by atomic mass is 10.2. The first-order chi connectivity index (χ1) is 11.8. The summed E-state index contributed by atoms with van der Waals surface area (Å²) in [6.45, 7) is 6.11. The van der Waals surface area contributed by atoms with Gasteiger partial charge in [-0.25, -0.2) is 8.42 Å². The van der Waals surface area contributed by atoms with Gasteiger partial charge in [-0.3, -0.25) is 4.79 Å². The molecule has 2 aliphatic rings. The molecular formula is C17H22N2O4S2. The van der Waals surface area contributed by atoms with E-state index in [0.717, 1.165) is 11.4 Å².